The fourth-order valence-corrected chi connectivity index (χ4v) is 5.03. The molecule has 1 heterocycles. The van der Waals surface area contributed by atoms with Crippen LogP contribution in [0.1, 0.15) is 19.4 Å². The Labute approximate surface area is 113 Å². The Kier molecular flexibility index (Phi) is 4.15. The topological polar surface area (TPSA) is 41.5 Å². The first-order valence-corrected chi connectivity index (χ1v) is 8.55. The molecule has 3 nitrogen and oxygen atoms in total. The van der Waals surface area contributed by atoms with Gasteiger partial charge in [-0.1, -0.05) is 30.3 Å². The quantitative estimate of drug-likeness (QED) is 0.795. The fourth-order valence-electron chi connectivity index (χ4n) is 1.79. The lowest BCUT2D eigenvalue weighted by Gasteiger charge is -2.25. The summed E-state index contributed by atoms with van der Waals surface area (Å²) in [7, 11) is -3.11. The van der Waals surface area contributed by atoms with Gasteiger partial charge in [-0.15, -0.1) is 11.8 Å². The molecule has 0 fully saturated rings. The Morgan fingerprint density at radius 2 is 2.00 bits per heavy atom. The Morgan fingerprint density at radius 3 is 2.56 bits per heavy atom. The van der Waals surface area contributed by atoms with Crippen molar-refractivity contribution >= 4 is 19.7 Å². The van der Waals surface area contributed by atoms with Crippen LogP contribution in [0.15, 0.2) is 41.1 Å². The van der Waals surface area contributed by atoms with Gasteiger partial charge in [0.25, 0.3) is 7.94 Å². The van der Waals surface area contributed by atoms with Crippen LogP contribution in [0.2, 0.25) is 0 Å². The van der Waals surface area contributed by atoms with E-state index >= 15 is 0 Å². The number of hydrogen-bond donors (Lipinski definition) is 0. The van der Waals surface area contributed by atoms with Gasteiger partial charge in [0.05, 0.1) is 4.91 Å². The molecular formula is C13H17O3PS. The average molecular weight is 284 g/mol. The number of rotatable bonds is 4. The highest BCUT2D eigenvalue weighted by Crippen LogP contribution is 2.65. The van der Waals surface area contributed by atoms with Crippen LogP contribution < -0.4 is 4.89 Å². The fraction of sp³-hybridized carbons (Fsp3) is 0.385. The normalized spacial score (nSPS) is 26.1. The van der Waals surface area contributed by atoms with E-state index < -0.39 is 13.5 Å². The van der Waals surface area contributed by atoms with E-state index in [1.807, 2.05) is 50.4 Å². The molecule has 0 saturated heterocycles. The van der Waals surface area contributed by atoms with Crippen LogP contribution in [0.5, 0.6) is 0 Å². The zero-order chi connectivity index (χ0) is 13.2. The van der Waals surface area contributed by atoms with Gasteiger partial charge in [0.2, 0.25) is 0 Å². The van der Waals surface area contributed by atoms with E-state index in [1.54, 1.807) is 17.6 Å². The molecule has 0 bridgehead atoms. The van der Waals surface area contributed by atoms with Crippen molar-refractivity contribution in [2.24, 2.45) is 0 Å². The number of thioether (sulfide) groups is 1. The summed E-state index contributed by atoms with van der Waals surface area (Å²) in [6.07, 6.45) is 1.95. The minimum absolute atomic E-state index is 0.298. The molecule has 0 N–H and O–H groups in total. The van der Waals surface area contributed by atoms with Crippen molar-refractivity contribution in [3.63, 3.8) is 0 Å². The Morgan fingerprint density at radius 1 is 1.33 bits per heavy atom. The lowest BCUT2D eigenvalue weighted by atomic mass is 10.1. The van der Waals surface area contributed by atoms with Crippen molar-refractivity contribution in [3.8, 4) is 0 Å². The SMILES string of the molecule is CSC1=C[P+]([O-])(OCc2ccccc2)OC1(C)C. The van der Waals surface area contributed by atoms with E-state index in [0.717, 1.165) is 10.5 Å². The molecule has 1 unspecified atom stereocenters. The van der Waals surface area contributed by atoms with Gasteiger partial charge in [-0.2, -0.15) is 4.52 Å². The highest BCUT2D eigenvalue weighted by Gasteiger charge is 2.47. The molecule has 1 aliphatic rings. The second-order valence-corrected chi connectivity index (χ2v) is 7.22. The first kappa shape index (κ1) is 14.0. The highest BCUT2D eigenvalue weighted by atomic mass is 32.2. The minimum Gasteiger partial charge on any atom is -0.627 e. The molecule has 0 radical (unpaired) electrons. The van der Waals surface area contributed by atoms with Crippen LogP contribution in [0.25, 0.3) is 0 Å². The Hall–Kier alpha value is -0.380. The number of benzene rings is 1. The molecule has 18 heavy (non-hydrogen) atoms. The van der Waals surface area contributed by atoms with Gasteiger partial charge in [-0.3, -0.25) is 0 Å². The van der Waals surface area contributed by atoms with Crippen molar-refractivity contribution < 1.29 is 13.9 Å². The van der Waals surface area contributed by atoms with E-state index in [9.17, 15) is 4.89 Å². The largest absolute Gasteiger partial charge is 0.627 e. The average Bonchev–Trinajstić information content (AvgIpc) is 2.58. The summed E-state index contributed by atoms with van der Waals surface area (Å²) in [6, 6.07) is 9.67. The van der Waals surface area contributed by atoms with Crippen LogP contribution in [-0.4, -0.2) is 11.9 Å². The molecular weight excluding hydrogens is 267 g/mol. The standard InChI is InChI=1S/C13H17O3PS/c1-13(2)12(18-3)10-17(14,16-13)15-9-11-7-5-4-6-8-11/h4-8,10H,9H2,1-3H3. The molecule has 0 saturated carbocycles. The molecule has 0 aromatic heterocycles. The molecule has 1 aromatic carbocycles. The van der Waals surface area contributed by atoms with Crippen molar-refractivity contribution in [3.05, 3.63) is 46.6 Å². The molecule has 2 rings (SSSR count). The molecule has 0 aliphatic carbocycles. The summed E-state index contributed by atoms with van der Waals surface area (Å²) in [5.41, 5.74) is 0.464. The predicted octanol–water partition coefficient (Wildman–Crippen LogP) is 3.34. The van der Waals surface area contributed by atoms with E-state index in [4.69, 9.17) is 9.05 Å². The summed E-state index contributed by atoms with van der Waals surface area (Å²) in [6.45, 7) is 4.11. The van der Waals surface area contributed by atoms with Gasteiger partial charge in [0.15, 0.2) is 0 Å². The molecule has 0 spiro atoms. The Balaban J connectivity index is 2.04. The van der Waals surface area contributed by atoms with Crippen molar-refractivity contribution in [1.82, 2.24) is 0 Å². The second-order valence-electron chi connectivity index (χ2n) is 4.60. The van der Waals surface area contributed by atoms with E-state index in [-0.39, 0.29) is 0 Å². The summed E-state index contributed by atoms with van der Waals surface area (Å²) < 4.78 is 11.1. The van der Waals surface area contributed by atoms with E-state index in [1.165, 1.54) is 0 Å². The maximum absolute atomic E-state index is 12.4. The van der Waals surface area contributed by atoms with Crippen molar-refractivity contribution in [2.45, 2.75) is 26.1 Å². The summed E-state index contributed by atoms with van der Waals surface area (Å²) in [4.78, 5) is 13.4. The zero-order valence-corrected chi connectivity index (χ0v) is 12.5. The molecule has 1 aromatic rings. The molecule has 0 amide bonds. The van der Waals surface area contributed by atoms with Crippen molar-refractivity contribution in [1.29, 1.82) is 0 Å². The summed E-state index contributed by atoms with van der Waals surface area (Å²) in [5.74, 6) is 1.64. The molecule has 5 heteroatoms. The van der Waals surface area contributed by atoms with Gasteiger partial charge >= 0.3 is 0 Å². The van der Waals surface area contributed by atoms with Gasteiger partial charge < -0.3 is 4.89 Å². The lowest BCUT2D eigenvalue weighted by Crippen LogP contribution is -2.23. The van der Waals surface area contributed by atoms with Gasteiger partial charge in [0, 0.05) is 0 Å². The smallest absolute Gasteiger partial charge is 0.266 e. The van der Waals surface area contributed by atoms with Gasteiger partial charge in [-0.25, -0.2) is 4.52 Å². The van der Waals surface area contributed by atoms with Crippen LogP contribution in [0, 0.1) is 0 Å². The molecule has 98 valence electrons. The van der Waals surface area contributed by atoms with Gasteiger partial charge in [-0.05, 0) is 25.7 Å². The van der Waals surface area contributed by atoms with Crippen LogP contribution >= 0.6 is 19.7 Å². The maximum atomic E-state index is 12.4. The Bertz CT molecular complexity index is 447. The predicted molar refractivity (Wildman–Crippen MR) is 74.9 cm³/mol. The van der Waals surface area contributed by atoms with Crippen LogP contribution in [-0.2, 0) is 15.7 Å². The molecule has 1 aliphatic heterocycles. The van der Waals surface area contributed by atoms with E-state index in [0.29, 0.717) is 6.61 Å². The second kappa shape index (κ2) is 5.32. The number of hydrogen-bond acceptors (Lipinski definition) is 4. The molecule has 1 atom stereocenters. The first-order valence-electron chi connectivity index (χ1n) is 5.71. The third-order valence-corrected chi connectivity index (χ3v) is 5.70. The highest BCUT2D eigenvalue weighted by molar-refractivity contribution is 8.02. The summed E-state index contributed by atoms with van der Waals surface area (Å²) in [5, 5.41) is 0. The van der Waals surface area contributed by atoms with Gasteiger partial charge in [0.1, 0.15) is 18.0 Å². The van der Waals surface area contributed by atoms with E-state index in [2.05, 4.69) is 0 Å². The first-order chi connectivity index (χ1) is 8.45. The summed E-state index contributed by atoms with van der Waals surface area (Å²) >= 11 is 1.55. The third-order valence-electron chi connectivity index (χ3n) is 2.70. The van der Waals surface area contributed by atoms with Crippen LogP contribution in [0.4, 0.5) is 0 Å². The zero-order valence-electron chi connectivity index (χ0n) is 10.8. The minimum atomic E-state index is -3.11. The lowest BCUT2D eigenvalue weighted by molar-refractivity contribution is -0.219. The van der Waals surface area contributed by atoms with Crippen LogP contribution in [0.3, 0.4) is 0 Å². The van der Waals surface area contributed by atoms with Crippen molar-refractivity contribution in [2.75, 3.05) is 6.26 Å². The monoisotopic (exact) mass is 284 g/mol. The third kappa shape index (κ3) is 3.14. The maximum Gasteiger partial charge on any atom is 0.266 e.